The van der Waals surface area contributed by atoms with E-state index >= 15 is 0 Å². The molecule has 0 saturated heterocycles. The summed E-state index contributed by atoms with van der Waals surface area (Å²) in [5.74, 6) is -0.0261. The molecule has 0 aliphatic heterocycles. The lowest BCUT2D eigenvalue weighted by Gasteiger charge is -2.13. The summed E-state index contributed by atoms with van der Waals surface area (Å²) in [6.45, 7) is 3.92. The van der Waals surface area contributed by atoms with Crippen LogP contribution >= 0.6 is 23.1 Å². The van der Waals surface area contributed by atoms with Crippen molar-refractivity contribution in [2.75, 3.05) is 5.32 Å². The van der Waals surface area contributed by atoms with Crippen LogP contribution in [-0.4, -0.2) is 21.1 Å². The van der Waals surface area contributed by atoms with E-state index in [0.717, 1.165) is 28.0 Å². The molecule has 3 aromatic rings. The van der Waals surface area contributed by atoms with Crippen LogP contribution in [0.25, 0.3) is 10.9 Å². The van der Waals surface area contributed by atoms with Crippen molar-refractivity contribution in [1.29, 1.82) is 0 Å². The summed E-state index contributed by atoms with van der Waals surface area (Å²) in [4.78, 5) is 21.3. The van der Waals surface area contributed by atoms with Gasteiger partial charge < -0.3 is 5.32 Å². The third-order valence-electron chi connectivity index (χ3n) is 3.35. The Kier molecular flexibility index (Phi) is 4.93. The maximum atomic E-state index is 12.4. The number of thioether (sulfide) groups is 1. The molecule has 6 heteroatoms. The summed E-state index contributed by atoms with van der Waals surface area (Å²) in [7, 11) is 0. The third-order valence-corrected chi connectivity index (χ3v) is 5.52. The number of carbonyl (C=O) groups is 1. The maximum absolute atomic E-state index is 12.4. The Balaban J connectivity index is 1.73. The van der Waals surface area contributed by atoms with Crippen LogP contribution in [0.5, 0.6) is 0 Å². The quantitative estimate of drug-likeness (QED) is 0.693. The fourth-order valence-electron chi connectivity index (χ4n) is 2.18. The first-order valence-corrected chi connectivity index (χ1v) is 9.17. The number of para-hydroxylation sites is 1. The summed E-state index contributed by atoms with van der Waals surface area (Å²) < 4.78 is 0. The lowest BCUT2D eigenvalue weighted by Crippen LogP contribution is -2.24. The molecule has 3 rings (SSSR count). The number of aromatic nitrogens is 2. The number of nitrogens with zero attached hydrogens (tertiary/aromatic N) is 2. The second-order valence-corrected chi connectivity index (χ2v) is 7.22. The van der Waals surface area contributed by atoms with E-state index in [1.807, 2.05) is 55.6 Å². The normalized spacial score (nSPS) is 12.3. The van der Waals surface area contributed by atoms with Gasteiger partial charge >= 0.3 is 0 Å². The van der Waals surface area contributed by atoms with E-state index in [1.54, 1.807) is 0 Å². The van der Waals surface area contributed by atoms with Gasteiger partial charge in [0.2, 0.25) is 5.91 Å². The van der Waals surface area contributed by atoms with Gasteiger partial charge in [-0.05, 0) is 25.5 Å². The largest absolute Gasteiger partial charge is 0.301 e. The minimum Gasteiger partial charge on any atom is -0.301 e. The number of thiazole rings is 1. The van der Waals surface area contributed by atoms with E-state index in [0.29, 0.717) is 5.13 Å². The Hall–Kier alpha value is -1.92. The summed E-state index contributed by atoms with van der Waals surface area (Å²) in [6, 6.07) is 12.0. The lowest BCUT2D eigenvalue weighted by molar-refractivity contribution is -0.115. The first-order valence-electron chi connectivity index (χ1n) is 7.41. The van der Waals surface area contributed by atoms with Crippen LogP contribution in [0, 0.1) is 6.92 Å². The fourth-order valence-corrected chi connectivity index (χ4v) is 3.79. The number of benzene rings is 1. The molecule has 0 aliphatic carbocycles. The van der Waals surface area contributed by atoms with Gasteiger partial charge in [-0.1, -0.05) is 43.0 Å². The van der Waals surface area contributed by atoms with Crippen molar-refractivity contribution >= 4 is 45.0 Å². The Morgan fingerprint density at radius 2 is 2.09 bits per heavy atom. The Labute approximate surface area is 143 Å². The summed E-state index contributed by atoms with van der Waals surface area (Å²) >= 11 is 2.94. The van der Waals surface area contributed by atoms with Gasteiger partial charge in [0, 0.05) is 10.8 Å². The highest BCUT2D eigenvalue weighted by atomic mass is 32.2. The molecule has 1 aromatic carbocycles. The zero-order valence-corrected chi connectivity index (χ0v) is 14.6. The average molecular weight is 343 g/mol. The van der Waals surface area contributed by atoms with Crippen LogP contribution in [0.3, 0.4) is 0 Å². The number of pyridine rings is 1. The highest BCUT2D eigenvalue weighted by Gasteiger charge is 2.19. The zero-order valence-electron chi connectivity index (χ0n) is 12.9. The molecule has 1 amide bonds. The maximum Gasteiger partial charge on any atom is 0.239 e. The molecule has 1 atom stereocenters. The molecule has 118 valence electrons. The number of aryl methyl sites for hydroxylation is 1. The van der Waals surface area contributed by atoms with Crippen molar-refractivity contribution in [3.8, 4) is 0 Å². The molecular weight excluding hydrogens is 326 g/mol. The Morgan fingerprint density at radius 1 is 1.26 bits per heavy atom. The summed E-state index contributed by atoms with van der Waals surface area (Å²) in [5.41, 5.74) is 1.87. The molecule has 0 fully saturated rings. The van der Waals surface area contributed by atoms with E-state index < -0.39 is 0 Å². The van der Waals surface area contributed by atoms with Crippen molar-refractivity contribution < 1.29 is 4.79 Å². The number of hydrogen-bond acceptors (Lipinski definition) is 5. The zero-order chi connectivity index (χ0) is 16.2. The van der Waals surface area contributed by atoms with E-state index in [1.165, 1.54) is 23.1 Å². The predicted octanol–water partition coefficient (Wildman–Crippen LogP) is 4.51. The first kappa shape index (κ1) is 16.0. The number of anilines is 1. The molecule has 0 spiro atoms. The fraction of sp³-hybridized carbons (Fsp3) is 0.235. The minimum absolute atomic E-state index is 0.0261. The van der Waals surface area contributed by atoms with Gasteiger partial charge in [0.15, 0.2) is 5.13 Å². The Morgan fingerprint density at radius 3 is 2.83 bits per heavy atom. The number of carbonyl (C=O) groups excluding carboxylic acids is 1. The number of nitrogens with one attached hydrogen (secondary N) is 1. The highest BCUT2D eigenvalue weighted by Crippen LogP contribution is 2.27. The standard InChI is InChI=1S/C17H17N3OS2/c1-3-14(16(21)20-17-18-11(2)10-22-17)23-15-9-8-12-6-4-5-7-13(12)19-15/h4-10,14H,3H2,1-2H3,(H,18,20,21). The number of hydrogen-bond donors (Lipinski definition) is 1. The van der Waals surface area contributed by atoms with E-state index in [9.17, 15) is 4.79 Å². The van der Waals surface area contributed by atoms with E-state index in [-0.39, 0.29) is 11.2 Å². The second-order valence-electron chi connectivity index (χ2n) is 5.14. The molecule has 2 heterocycles. The van der Waals surface area contributed by atoms with E-state index in [2.05, 4.69) is 15.3 Å². The van der Waals surface area contributed by atoms with Crippen molar-refractivity contribution in [2.24, 2.45) is 0 Å². The van der Waals surface area contributed by atoms with Gasteiger partial charge in [-0.15, -0.1) is 11.3 Å². The molecule has 0 saturated carbocycles. The average Bonchev–Trinajstić information content (AvgIpc) is 2.97. The van der Waals surface area contributed by atoms with Crippen LogP contribution in [0.15, 0.2) is 46.8 Å². The van der Waals surface area contributed by atoms with Crippen LogP contribution in [0.2, 0.25) is 0 Å². The molecule has 0 radical (unpaired) electrons. The third kappa shape index (κ3) is 3.89. The number of amides is 1. The van der Waals surface area contributed by atoms with Crippen LogP contribution in [0.1, 0.15) is 19.0 Å². The van der Waals surface area contributed by atoms with Crippen LogP contribution in [-0.2, 0) is 4.79 Å². The SMILES string of the molecule is CCC(Sc1ccc2ccccc2n1)C(=O)Nc1nc(C)cs1. The molecule has 1 N–H and O–H groups in total. The van der Waals surface area contributed by atoms with Crippen molar-refractivity contribution in [3.63, 3.8) is 0 Å². The van der Waals surface area contributed by atoms with E-state index in [4.69, 9.17) is 0 Å². The lowest BCUT2D eigenvalue weighted by atomic mass is 10.2. The minimum atomic E-state index is -0.187. The molecular formula is C17H17N3OS2. The molecule has 2 aromatic heterocycles. The van der Waals surface area contributed by atoms with Crippen molar-refractivity contribution in [3.05, 3.63) is 47.5 Å². The van der Waals surface area contributed by atoms with Crippen LogP contribution < -0.4 is 5.32 Å². The molecule has 0 aliphatic rings. The monoisotopic (exact) mass is 343 g/mol. The molecule has 1 unspecified atom stereocenters. The smallest absolute Gasteiger partial charge is 0.239 e. The topological polar surface area (TPSA) is 54.9 Å². The number of rotatable bonds is 5. The summed E-state index contributed by atoms with van der Waals surface area (Å²) in [5, 5.41) is 7.25. The van der Waals surface area contributed by atoms with Crippen molar-refractivity contribution in [2.45, 2.75) is 30.5 Å². The Bertz CT molecular complexity index is 831. The van der Waals surface area contributed by atoms with Crippen molar-refractivity contribution in [1.82, 2.24) is 9.97 Å². The first-order chi connectivity index (χ1) is 11.2. The van der Waals surface area contributed by atoms with Gasteiger partial charge in [-0.3, -0.25) is 4.79 Å². The van der Waals surface area contributed by atoms with Crippen LogP contribution in [0.4, 0.5) is 5.13 Å². The van der Waals surface area contributed by atoms with Gasteiger partial charge in [-0.25, -0.2) is 9.97 Å². The summed E-state index contributed by atoms with van der Waals surface area (Å²) in [6.07, 6.45) is 0.732. The highest BCUT2D eigenvalue weighted by molar-refractivity contribution is 8.00. The number of fused-ring (bicyclic) bond motifs is 1. The van der Waals surface area contributed by atoms with Gasteiger partial charge in [0.25, 0.3) is 0 Å². The van der Waals surface area contributed by atoms with Gasteiger partial charge in [-0.2, -0.15) is 0 Å². The molecule has 0 bridgehead atoms. The molecule has 4 nitrogen and oxygen atoms in total. The van der Waals surface area contributed by atoms with Gasteiger partial charge in [0.05, 0.1) is 21.5 Å². The second kappa shape index (κ2) is 7.10. The molecule has 23 heavy (non-hydrogen) atoms. The van der Waals surface area contributed by atoms with Gasteiger partial charge in [0.1, 0.15) is 0 Å². The predicted molar refractivity (Wildman–Crippen MR) is 97.2 cm³/mol.